The summed E-state index contributed by atoms with van der Waals surface area (Å²) in [6.45, 7) is 5.12. The molecule has 1 aromatic carbocycles. The molecule has 0 radical (unpaired) electrons. The van der Waals surface area contributed by atoms with Crippen LogP contribution in [0.1, 0.15) is 5.56 Å². The first-order chi connectivity index (χ1) is 19.8. The topological polar surface area (TPSA) is 164 Å². The number of hydrogen-bond acceptors (Lipinski definition) is 12. The number of benzene rings is 1. The normalized spacial score (nSPS) is 17.7. The molecule has 1 saturated heterocycles. The van der Waals surface area contributed by atoms with Crippen LogP contribution in [0.4, 0.5) is 0 Å². The summed E-state index contributed by atoms with van der Waals surface area (Å²) in [7, 11) is 0. The number of ether oxygens (including phenoxy) is 2. The van der Waals surface area contributed by atoms with E-state index in [2.05, 4.69) is 0 Å². The maximum atomic E-state index is 11.5. The summed E-state index contributed by atoms with van der Waals surface area (Å²) in [6, 6.07) is 9.72. The molecular weight excluding hydrogens is 538 g/mol. The molecule has 0 spiro atoms. The van der Waals surface area contributed by atoms with Crippen molar-refractivity contribution in [3.05, 3.63) is 35.9 Å². The Morgan fingerprint density at radius 2 is 1.32 bits per heavy atom. The van der Waals surface area contributed by atoms with Crippen LogP contribution in [0.2, 0.25) is 0 Å². The van der Waals surface area contributed by atoms with Crippen LogP contribution in [0.25, 0.3) is 0 Å². The molecule has 1 heterocycles. The molecule has 1 aromatic rings. The lowest BCUT2D eigenvalue weighted by Gasteiger charge is -2.34. The Morgan fingerprint density at radius 1 is 0.805 bits per heavy atom. The lowest BCUT2D eigenvalue weighted by Crippen LogP contribution is -2.49. The highest BCUT2D eigenvalue weighted by Crippen LogP contribution is 2.06. The Kier molecular flexibility index (Phi) is 16.5. The van der Waals surface area contributed by atoms with Crippen LogP contribution >= 0.6 is 0 Å². The molecule has 1 unspecified atom stereocenters. The number of β-amino-alcohol motifs (C(OH)–C–C–N with tert-alkyl or cyclic N) is 1. The molecule has 3 N–H and O–H groups in total. The van der Waals surface area contributed by atoms with Gasteiger partial charge in [-0.2, -0.15) is 0 Å². The van der Waals surface area contributed by atoms with Crippen molar-refractivity contribution in [2.24, 2.45) is 0 Å². The molecule has 0 aromatic heterocycles. The van der Waals surface area contributed by atoms with Crippen molar-refractivity contribution in [1.82, 2.24) is 24.5 Å². The number of carbonyl (C=O) groups excluding carboxylic acids is 2. The Balaban J connectivity index is 2.08. The lowest BCUT2D eigenvalue weighted by molar-refractivity contribution is -0.140. The van der Waals surface area contributed by atoms with Crippen molar-refractivity contribution in [1.29, 1.82) is 0 Å². The molecule has 1 aliphatic heterocycles. The standard InChI is InChI=1S/C27H43N5O9/c33-22-40-20-30-12-10-28(8-9-29(18-26(36)37)11-13-31(15-14-30)21-41-23-34)16-25(35)17-32(19-27(38)39)7-6-24-4-2-1-3-5-24/h1-5,22-23,25,35H,6-21H2,(H,36,37)(H,38,39). The predicted octanol–water partition coefficient (Wildman–Crippen LogP) is -1.46. The first-order valence-electron chi connectivity index (χ1n) is 13.7. The van der Waals surface area contributed by atoms with Gasteiger partial charge in [-0.1, -0.05) is 30.3 Å². The number of aliphatic hydroxyl groups is 1. The van der Waals surface area contributed by atoms with Crippen molar-refractivity contribution < 1.29 is 44.0 Å². The average molecular weight is 582 g/mol. The summed E-state index contributed by atoms with van der Waals surface area (Å²) in [5.41, 5.74) is 1.08. The highest BCUT2D eigenvalue weighted by molar-refractivity contribution is 5.69. The molecule has 230 valence electrons. The quantitative estimate of drug-likeness (QED) is 0.183. The van der Waals surface area contributed by atoms with Gasteiger partial charge in [0.25, 0.3) is 12.9 Å². The van der Waals surface area contributed by atoms with E-state index in [0.29, 0.717) is 78.3 Å². The van der Waals surface area contributed by atoms with Gasteiger partial charge in [0.05, 0.1) is 19.2 Å². The van der Waals surface area contributed by atoms with Gasteiger partial charge in [0.2, 0.25) is 0 Å². The van der Waals surface area contributed by atoms with E-state index in [-0.39, 0.29) is 39.6 Å². The minimum atomic E-state index is -0.973. The van der Waals surface area contributed by atoms with Crippen molar-refractivity contribution >= 4 is 24.9 Å². The molecule has 14 nitrogen and oxygen atoms in total. The molecule has 0 aliphatic carbocycles. The van der Waals surface area contributed by atoms with Gasteiger partial charge < -0.3 is 24.8 Å². The third kappa shape index (κ3) is 15.4. The van der Waals surface area contributed by atoms with Gasteiger partial charge in [0.15, 0.2) is 0 Å². The fourth-order valence-corrected chi connectivity index (χ4v) is 4.65. The fourth-order valence-electron chi connectivity index (χ4n) is 4.65. The number of aliphatic hydroxyl groups excluding tert-OH is 1. The molecule has 0 amide bonds. The van der Waals surface area contributed by atoms with E-state index in [1.54, 1.807) is 9.80 Å². The number of carbonyl (C=O) groups is 4. The third-order valence-electron chi connectivity index (χ3n) is 6.80. The minimum Gasteiger partial charge on any atom is -0.480 e. The summed E-state index contributed by atoms with van der Waals surface area (Å²) in [5, 5.41) is 29.8. The number of nitrogens with zero attached hydrogens (tertiary/aromatic N) is 5. The molecule has 0 saturated carbocycles. The van der Waals surface area contributed by atoms with Crippen LogP contribution in [-0.4, -0.2) is 169 Å². The number of rotatable bonds is 17. The maximum absolute atomic E-state index is 11.5. The second kappa shape index (κ2) is 19.9. The van der Waals surface area contributed by atoms with E-state index in [1.165, 1.54) is 0 Å². The zero-order chi connectivity index (χ0) is 29.9. The Bertz CT molecular complexity index is 910. The van der Waals surface area contributed by atoms with Crippen LogP contribution in [0.5, 0.6) is 0 Å². The lowest BCUT2D eigenvalue weighted by atomic mass is 10.1. The van der Waals surface area contributed by atoms with E-state index >= 15 is 0 Å². The summed E-state index contributed by atoms with van der Waals surface area (Å²) in [6.07, 6.45) is -0.198. The van der Waals surface area contributed by atoms with Crippen LogP contribution in [0, 0.1) is 0 Å². The van der Waals surface area contributed by atoms with E-state index in [1.807, 2.05) is 45.0 Å². The van der Waals surface area contributed by atoms with Gasteiger partial charge in [-0.15, -0.1) is 0 Å². The number of carboxylic acids is 2. The Morgan fingerprint density at radius 3 is 1.80 bits per heavy atom. The van der Waals surface area contributed by atoms with E-state index in [9.17, 15) is 34.5 Å². The molecule has 14 heteroatoms. The fraction of sp³-hybridized carbons (Fsp3) is 0.630. The molecule has 41 heavy (non-hydrogen) atoms. The predicted molar refractivity (Wildman–Crippen MR) is 148 cm³/mol. The number of aliphatic carboxylic acids is 2. The third-order valence-corrected chi connectivity index (χ3v) is 6.80. The molecule has 0 bridgehead atoms. The van der Waals surface area contributed by atoms with Crippen molar-refractivity contribution in [2.75, 3.05) is 98.5 Å². The van der Waals surface area contributed by atoms with Crippen LogP contribution in [-0.2, 0) is 35.1 Å². The molecule has 1 atom stereocenters. The van der Waals surface area contributed by atoms with Gasteiger partial charge in [0, 0.05) is 72.0 Å². The number of carboxylic acid groups (broad SMARTS) is 2. The number of hydrogen-bond donors (Lipinski definition) is 3. The van der Waals surface area contributed by atoms with Crippen molar-refractivity contribution in [3.8, 4) is 0 Å². The monoisotopic (exact) mass is 581 g/mol. The summed E-state index contributed by atoms with van der Waals surface area (Å²) >= 11 is 0. The average Bonchev–Trinajstić information content (AvgIpc) is 2.93. The molecule has 1 aliphatic rings. The Hall–Kier alpha value is -3.14. The molecular formula is C27H43N5O9. The minimum absolute atomic E-state index is 0.0578. The second-order valence-electron chi connectivity index (χ2n) is 10.0. The SMILES string of the molecule is O=COCN1CCN(COC=O)CCN(CC(O)CN(CCc2ccccc2)CC(=O)O)CCN(CC(=O)O)CC1. The van der Waals surface area contributed by atoms with Gasteiger partial charge in [-0.25, -0.2) is 0 Å². The van der Waals surface area contributed by atoms with E-state index < -0.39 is 18.0 Å². The van der Waals surface area contributed by atoms with Crippen molar-refractivity contribution in [3.63, 3.8) is 0 Å². The molecule has 2 rings (SSSR count). The summed E-state index contributed by atoms with van der Waals surface area (Å²) in [5.74, 6) is -1.93. The largest absolute Gasteiger partial charge is 0.480 e. The zero-order valence-corrected chi connectivity index (χ0v) is 23.5. The zero-order valence-electron chi connectivity index (χ0n) is 23.5. The van der Waals surface area contributed by atoms with Gasteiger partial charge in [0.1, 0.15) is 13.5 Å². The van der Waals surface area contributed by atoms with Crippen molar-refractivity contribution in [2.45, 2.75) is 12.5 Å². The van der Waals surface area contributed by atoms with Gasteiger partial charge in [-0.3, -0.25) is 43.7 Å². The summed E-state index contributed by atoms with van der Waals surface area (Å²) in [4.78, 5) is 53.8. The van der Waals surface area contributed by atoms with Crippen LogP contribution in [0.15, 0.2) is 30.3 Å². The van der Waals surface area contributed by atoms with Gasteiger partial charge >= 0.3 is 11.9 Å². The first-order valence-corrected chi connectivity index (χ1v) is 13.7. The highest BCUT2D eigenvalue weighted by atomic mass is 16.5. The van der Waals surface area contributed by atoms with Crippen LogP contribution < -0.4 is 0 Å². The highest BCUT2D eigenvalue weighted by Gasteiger charge is 2.21. The smallest absolute Gasteiger partial charge is 0.317 e. The Labute approximate surface area is 240 Å². The first kappa shape index (κ1) is 34.1. The van der Waals surface area contributed by atoms with E-state index in [4.69, 9.17) is 9.47 Å². The van der Waals surface area contributed by atoms with Crippen LogP contribution in [0.3, 0.4) is 0 Å². The molecule has 1 fully saturated rings. The van der Waals surface area contributed by atoms with E-state index in [0.717, 1.165) is 5.56 Å². The summed E-state index contributed by atoms with van der Waals surface area (Å²) < 4.78 is 9.90. The second-order valence-corrected chi connectivity index (χ2v) is 10.0. The van der Waals surface area contributed by atoms with Gasteiger partial charge in [-0.05, 0) is 12.0 Å². The maximum Gasteiger partial charge on any atom is 0.317 e.